The van der Waals surface area contributed by atoms with Gasteiger partial charge in [-0.25, -0.2) is 0 Å². The number of fused-ring (bicyclic) bond motifs is 2. The smallest absolute Gasteiger partial charge is 0.258 e. The fraction of sp³-hybridized carbons (Fsp3) is 0.467. The summed E-state index contributed by atoms with van der Waals surface area (Å²) >= 11 is 0. The highest BCUT2D eigenvalue weighted by Gasteiger charge is 2.44. The van der Waals surface area contributed by atoms with Crippen LogP contribution in [0.5, 0.6) is 0 Å². The molecule has 1 aliphatic heterocycles. The van der Waals surface area contributed by atoms with Crippen molar-refractivity contribution in [1.82, 2.24) is 5.32 Å². The molecule has 0 saturated heterocycles. The van der Waals surface area contributed by atoms with Crippen molar-refractivity contribution < 1.29 is 9.59 Å². The van der Waals surface area contributed by atoms with Crippen molar-refractivity contribution in [3.05, 3.63) is 34.4 Å². The van der Waals surface area contributed by atoms with Gasteiger partial charge in [0.05, 0.1) is 11.1 Å². The molecule has 0 radical (unpaired) electrons. The van der Waals surface area contributed by atoms with Crippen LogP contribution in [0.2, 0.25) is 0 Å². The fourth-order valence-electron chi connectivity index (χ4n) is 3.63. The maximum atomic E-state index is 11.7. The third-order valence-electron chi connectivity index (χ3n) is 4.22. The molecule has 1 N–H and O–H groups in total. The highest BCUT2D eigenvalue weighted by atomic mass is 16.2. The Morgan fingerprint density at radius 1 is 0.889 bits per heavy atom. The number of carbonyl (C=O) groups excluding carboxylic acids is 2. The highest BCUT2D eigenvalue weighted by Crippen LogP contribution is 2.50. The van der Waals surface area contributed by atoms with Crippen LogP contribution in [0.25, 0.3) is 0 Å². The van der Waals surface area contributed by atoms with E-state index in [0.717, 1.165) is 6.42 Å². The summed E-state index contributed by atoms with van der Waals surface area (Å²) in [4.78, 5) is 23.4. The number of carbonyl (C=O) groups is 2. The minimum atomic E-state index is -0.265. The Morgan fingerprint density at radius 3 is 1.67 bits per heavy atom. The van der Waals surface area contributed by atoms with E-state index in [2.05, 4.69) is 33.0 Å². The molecule has 0 atom stereocenters. The fourth-order valence-corrected chi connectivity index (χ4v) is 3.63. The van der Waals surface area contributed by atoms with Crippen molar-refractivity contribution in [2.45, 2.75) is 44.9 Å². The van der Waals surface area contributed by atoms with Gasteiger partial charge in [0.25, 0.3) is 11.8 Å². The molecule has 1 aromatic carbocycles. The van der Waals surface area contributed by atoms with E-state index in [1.165, 1.54) is 11.1 Å². The van der Waals surface area contributed by atoms with Crippen LogP contribution in [-0.4, -0.2) is 11.8 Å². The molecule has 0 aromatic heterocycles. The summed E-state index contributed by atoms with van der Waals surface area (Å²) in [6.45, 7) is 8.78. The molecule has 94 valence electrons. The van der Waals surface area contributed by atoms with Crippen molar-refractivity contribution in [2.75, 3.05) is 0 Å². The first-order chi connectivity index (χ1) is 8.22. The molecule has 0 unspecified atom stereocenters. The summed E-state index contributed by atoms with van der Waals surface area (Å²) < 4.78 is 0. The lowest BCUT2D eigenvalue weighted by Crippen LogP contribution is -2.20. The first-order valence-electron chi connectivity index (χ1n) is 6.27. The molecule has 3 rings (SSSR count). The molecule has 0 fully saturated rings. The maximum Gasteiger partial charge on any atom is 0.258 e. The van der Waals surface area contributed by atoms with E-state index in [1.807, 2.05) is 12.1 Å². The number of hydrogen-bond acceptors (Lipinski definition) is 2. The van der Waals surface area contributed by atoms with Crippen LogP contribution in [0.15, 0.2) is 12.1 Å². The first-order valence-corrected chi connectivity index (χ1v) is 6.27. The number of rotatable bonds is 0. The standard InChI is InChI=1S/C15H17NO2/c1-14(2)7-15(3,4)11-6-9-8(5-10(11)14)12(17)16-13(9)18/h5-6H,7H2,1-4H3,(H,16,17,18). The number of nitrogens with one attached hydrogen (secondary N) is 1. The molecule has 2 aliphatic rings. The lowest BCUT2D eigenvalue weighted by molar-refractivity contribution is 0.0879. The molecule has 18 heavy (non-hydrogen) atoms. The van der Waals surface area contributed by atoms with Gasteiger partial charge in [-0.15, -0.1) is 0 Å². The average Bonchev–Trinajstić information content (AvgIpc) is 2.60. The number of imide groups is 1. The maximum absolute atomic E-state index is 11.7. The summed E-state index contributed by atoms with van der Waals surface area (Å²) in [5.74, 6) is -0.531. The van der Waals surface area contributed by atoms with Crippen molar-refractivity contribution >= 4 is 11.8 Å². The Balaban J connectivity index is 2.32. The summed E-state index contributed by atoms with van der Waals surface area (Å²) in [7, 11) is 0. The molecular weight excluding hydrogens is 226 g/mol. The molecular formula is C15H17NO2. The van der Waals surface area contributed by atoms with Crippen LogP contribution in [0.1, 0.15) is 66.0 Å². The van der Waals surface area contributed by atoms with E-state index in [4.69, 9.17) is 0 Å². The van der Waals surface area contributed by atoms with Crippen LogP contribution in [0, 0.1) is 0 Å². The summed E-state index contributed by atoms with van der Waals surface area (Å²) in [5, 5.41) is 2.36. The molecule has 2 amide bonds. The largest absolute Gasteiger partial charge is 0.288 e. The highest BCUT2D eigenvalue weighted by molar-refractivity contribution is 6.21. The van der Waals surface area contributed by atoms with Gasteiger partial charge in [-0.3, -0.25) is 14.9 Å². The summed E-state index contributed by atoms with van der Waals surface area (Å²) in [6.07, 6.45) is 1.04. The van der Waals surface area contributed by atoms with Gasteiger partial charge >= 0.3 is 0 Å². The SMILES string of the molecule is CC1(C)CC(C)(C)c2cc3c(cc21)C(=O)NC3=O. The van der Waals surface area contributed by atoms with E-state index in [9.17, 15) is 9.59 Å². The molecule has 1 heterocycles. The Kier molecular flexibility index (Phi) is 1.92. The second kappa shape index (κ2) is 3.02. The molecule has 1 aromatic rings. The zero-order valence-corrected chi connectivity index (χ0v) is 11.2. The van der Waals surface area contributed by atoms with Gasteiger partial charge < -0.3 is 0 Å². The normalized spacial score (nSPS) is 22.7. The number of benzene rings is 1. The van der Waals surface area contributed by atoms with E-state index >= 15 is 0 Å². The van der Waals surface area contributed by atoms with Gasteiger partial charge in [-0.2, -0.15) is 0 Å². The molecule has 1 aliphatic carbocycles. The van der Waals surface area contributed by atoms with E-state index < -0.39 is 0 Å². The summed E-state index contributed by atoms with van der Waals surface area (Å²) in [5.41, 5.74) is 3.58. The van der Waals surface area contributed by atoms with Crippen LogP contribution in [0.4, 0.5) is 0 Å². The van der Waals surface area contributed by atoms with Crippen LogP contribution in [-0.2, 0) is 10.8 Å². The molecule has 0 bridgehead atoms. The Labute approximate surface area is 107 Å². The van der Waals surface area contributed by atoms with Gasteiger partial charge in [0.15, 0.2) is 0 Å². The third kappa shape index (κ3) is 1.30. The monoisotopic (exact) mass is 243 g/mol. The van der Waals surface area contributed by atoms with Crippen LogP contribution in [0.3, 0.4) is 0 Å². The lowest BCUT2D eigenvalue weighted by atomic mass is 9.82. The van der Waals surface area contributed by atoms with Crippen LogP contribution >= 0.6 is 0 Å². The molecule has 0 saturated carbocycles. The minimum Gasteiger partial charge on any atom is -0.288 e. The second-order valence-corrected chi connectivity index (χ2v) is 6.67. The van der Waals surface area contributed by atoms with Gasteiger partial charge in [-0.05, 0) is 40.5 Å². The second-order valence-electron chi connectivity index (χ2n) is 6.67. The van der Waals surface area contributed by atoms with Crippen LogP contribution < -0.4 is 5.32 Å². The van der Waals surface area contributed by atoms with E-state index in [-0.39, 0.29) is 22.6 Å². The quantitative estimate of drug-likeness (QED) is 0.712. The van der Waals surface area contributed by atoms with Gasteiger partial charge in [-0.1, -0.05) is 27.7 Å². The average molecular weight is 243 g/mol. The molecule has 3 heteroatoms. The van der Waals surface area contributed by atoms with Crippen molar-refractivity contribution in [3.8, 4) is 0 Å². The van der Waals surface area contributed by atoms with Crippen molar-refractivity contribution in [2.24, 2.45) is 0 Å². The molecule has 0 spiro atoms. The topological polar surface area (TPSA) is 46.2 Å². The number of amides is 2. The zero-order valence-electron chi connectivity index (χ0n) is 11.2. The Hall–Kier alpha value is -1.64. The molecule has 3 nitrogen and oxygen atoms in total. The van der Waals surface area contributed by atoms with Crippen molar-refractivity contribution in [3.63, 3.8) is 0 Å². The minimum absolute atomic E-state index is 0.0553. The first kappa shape index (κ1) is 11.5. The van der Waals surface area contributed by atoms with Gasteiger partial charge in [0, 0.05) is 0 Å². The Bertz CT molecular complexity index is 546. The summed E-state index contributed by atoms with van der Waals surface area (Å²) in [6, 6.07) is 3.83. The predicted octanol–water partition coefficient (Wildman–Crippen LogP) is 2.53. The Morgan fingerprint density at radius 2 is 1.28 bits per heavy atom. The predicted molar refractivity (Wildman–Crippen MR) is 68.9 cm³/mol. The third-order valence-corrected chi connectivity index (χ3v) is 4.22. The lowest BCUT2D eigenvalue weighted by Gasteiger charge is -2.22. The van der Waals surface area contributed by atoms with E-state index in [0.29, 0.717) is 11.1 Å². The van der Waals surface area contributed by atoms with Gasteiger partial charge in [0.2, 0.25) is 0 Å². The van der Waals surface area contributed by atoms with E-state index in [1.54, 1.807) is 0 Å². The van der Waals surface area contributed by atoms with Gasteiger partial charge in [0.1, 0.15) is 0 Å². The number of hydrogen-bond donors (Lipinski definition) is 1. The zero-order chi connectivity index (χ0) is 13.3. The van der Waals surface area contributed by atoms with Crippen molar-refractivity contribution in [1.29, 1.82) is 0 Å².